The van der Waals surface area contributed by atoms with Crippen molar-refractivity contribution < 1.29 is 4.79 Å². The molecule has 3 heteroatoms. The fourth-order valence-electron chi connectivity index (χ4n) is 2.22. The van der Waals surface area contributed by atoms with Crippen LogP contribution in [0.2, 0.25) is 0 Å². The van der Waals surface area contributed by atoms with Gasteiger partial charge in [-0.05, 0) is 47.2 Å². The number of carbonyl (C=O) groups is 1. The smallest absolute Gasteiger partial charge is 0.224 e. The van der Waals surface area contributed by atoms with Crippen LogP contribution in [0.4, 0.5) is 11.4 Å². The number of nitrogens with one attached hydrogen (secondary N) is 1. The molecule has 0 atom stereocenters. The third-order valence-electron chi connectivity index (χ3n) is 3.66. The summed E-state index contributed by atoms with van der Waals surface area (Å²) in [6, 6.07) is 15.7. The molecule has 0 aliphatic heterocycles. The van der Waals surface area contributed by atoms with E-state index in [1.807, 2.05) is 36.4 Å². The van der Waals surface area contributed by atoms with Crippen molar-refractivity contribution in [3.63, 3.8) is 0 Å². The first kappa shape index (κ1) is 16.1. The lowest BCUT2D eigenvalue weighted by molar-refractivity contribution is -0.116. The van der Waals surface area contributed by atoms with E-state index in [4.69, 9.17) is 5.73 Å². The van der Waals surface area contributed by atoms with Gasteiger partial charge in [-0.1, -0.05) is 45.0 Å². The number of anilines is 2. The lowest BCUT2D eigenvalue weighted by Crippen LogP contribution is -2.14. The van der Waals surface area contributed by atoms with Gasteiger partial charge in [0.05, 0.1) is 0 Å². The highest BCUT2D eigenvalue weighted by molar-refractivity contribution is 5.90. The quantitative estimate of drug-likeness (QED) is 0.833. The molecule has 3 N–H and O–H groups in total. The number of benzene rings is 2. The molecule has 116 valence electrons. The van der Waals surface area contributed by atoms with Crippen LogP contribution in [0, 0.1) is 0 Å². The Morgan fingerprint density at radius 2 is 1.59 bits per heavy atom. The van der Waals surface area contributed by atoms with E-state index in [0.29, 0.717) is 12.8 Å². The topological polar surface area (TPSA) is 55.1 Å². The second-order valence-corrected chi connectivity index (χ2v) is 6.62. The van der Waals surface area contributed by atoms with Crippen molar-refractivity contribution in [1.82, 2.24) is 0 Å². The second kappa shape index (κ2) is 6.65. The van der Waals surface area contributed by atoms with Gasteiger partial charge in [0.2, 0.25) is 5.91 Å². The predicted molar refractivity (Wildman–Crippen MR) is 92.9 cm³/mol. The number of nitrogen functional groups attached to an aromatic ring is 1. The number of nitrogens with two attached hydrogens (primary N) is 1. The Kier molecular flexibility index (Phi) is 4.86. The summed E-state index contributed by atoms with van der Waals surface area (Å²) in [6.45, 7) is 6.52. The number of hydrogen-bond donors (Lipinski definition) is 2. The van der Waals surface area contributed by atoms with Crippen LogP contribution in [0.25, 0.3) is 0 Å². The second-order valence-electron chi connectivity index (χ2n) is 6.62. The van der Waals surface area contributed by atoms with Crippen molar-refractivity contribution in [2.45, 2.75) is 39.0 Å². The van der Waals surface area contributed by atoms with Crippen LogP contribution in [0.1, 0.15) is 38.3 Å². The van der Waals surface area contributed by atoms with Gasteiger partial charge >= 0.3 is 0 Å². The monoisotopic (exact) mass is 296 g/mol. The highest BCUT2D eigenvalue weighted by atomic mass is 16.1. The van der Waals surface area contributed by atoms with Gasteiger partial charge in [0.25, 0.3) is 0 Å². The Morgan fingerprint density at radius 1 is 1.00 bits per heavy atom. The maximum absolute atomic E-state index is 12.0. The van der Waals surface area contributed by atoms with Gasteiger partial charge in [0.1, 0.15) is 0 Å². The zero-order chi connectivity index (χ0) is 16.2. The first-order valence-electron chi connectivity index (χ1n) is 7.59. The molecule has 1 amide bonds. The maximum Gasteiger partial charge on any atom is 0.224 e. The Hall–Kier alpha value is -2.29. The summed E-state index contributed by atoms with van der Waals surface area (Å²) in [5.74, 6) is 0.0281. The molecule has 2 aromatic carbocycles. The third-order valence-corrected chi connectivity index (χ3v) is 3.66. The van der Waals surface area contributed by atoms with Crippen LogP contribution in [0.5, 0.6) is 0 Å². The largest absolute Gasteiger partial charge is 0.399 e. The van der Waals surface area contributed by atoms with Crippen molar-refractivity contribution in [1.29, 1.82) is 0 Å². The summed E-state index contributed by atoms with van der Waals surface area (Å²) in [4.78, 5) is 12.0. The minimum Gasteiger partial charge on any atom is -0.399 e. The van der Waals surface area contributed by atoms with E-state index < -0.39 is 0 Å². The zero-order valence-corrected chi connectivity index (χ0v) is 13.5. The first-order chi connectivity index (χ1) is 10.3. The summed E-state index contributed by atoms with van der Waals surface area (Å²) in [5, 5.41) is 2.94. The maximum atomic E-state index is 12.0. The van der Waals surface area contributed by atoms with Crippen LogP contribution in [0.15, 0.2) is 48.5 Å². The van der Waals surface area contributed by atoms with E-state index in [-0.39, 0.29) is 11.3 Å². The van der Waals surface area contributed by atoms with Crippen molar-refractivity contribution in [2.24, 2.45) is 0 Å². The summed E-state index contributed by atoms with van der Waals surface area (Å²) in [6.07, 6.45) is 1.18. The molecule has 0 saturated heterocycles. The van der Waals surface area contributed by atoms with E-state index in [1.54, 1.807) is 0 Å². The number of hydrogen-bond acceptors (Lipinski definition) is 2. The summed E-state index contributed by atoms with van der Waals surface area (Å²) in [5.41, 5.74) is 9.73. The van der Waals surface area contributed by atoms with Crippen molar-refractivity contribution >= 4 is 17.3 Å². The van der Waals surface area contributed by atoms with Gasteiger partial charge in [-0.3, -0.25) is 4.79 Å². The van der Waals surface area contributed by atoms with Crippen molar-refractivity contribution in [3.8, 4) is 0 Å². The Bertz CT molecular complexity index is 622. The van der Waals surface area contributed by atoms with Crippen LogP contribution in [-0.2, 0) is 16.6 Å². The molecule has 0 bridgehead atoms. The standard InChI is InChI=1S/C19H24N2O/c1-19(2,3)15-7-11-17(12-8-15)21-18(22)13-6-14-4-9-16(20)10-5-14/h4-5,7-12H,6,13,20H2,1-3H3,(H,21,22). The summed E-state index contributed by atoms with van der Waals surface area (Å²) >= 11 is 0. The minimum atomic E-state index is 0.0281. The molecule has 0 aliphatic carbocycles. The molecule has 0 aliphatic rings. The van der Waals surface area contributed by atoms with E-state index in [2.05, 4.69) is 38.2 Å². The molecule has 0 heterocycles. The highest BCUT2D eigenvalue weighted by Crippen LogP contribution is 2.23. The van der Waals surface area contributed by atoms with Crippen LogP contribution in [-0.4, -0.2) is 5.91 Å². The molecule has 3 nitrogen and oxygen atoms in total. The fraction of sp³-hybridized carbons (Fsp3) is 0.316. The predicted octanol–water partition coefficient (Wildman–Crippen LogP) is 4.14. The lowest BCUT2D eigenvalue weighted by Gasteiger charge is -2.19. The SMILES string of the molecule is CC(C)(C)c1ccc(NC(=O)CCc2ccc(N)cc2)cc1. The highest BCUT2D eigenvalue weighted by Gasteiger charge is 2.13. The van der Waals surface area contributed by atoms with Crippen molar-refractivity contribution in [2.75, 3.05) is 11.1 Å². The third kappa shape index (κ3) is 4.62. The lowest BCUT2D eigenvalue weighted by atomic mass is 9.87. The van der Waals surface area contributed by atoms with Gasteiger partial charge < -0.3 is 11.1 Å². The molecule has 0 spiro atoms. The van der Waals surface area contributed by atoms with Gasteiger partial charge in [0.15, 0.2) is 0 Å². The molecule has 0 aromatic heterocycles. The van der Waals surface area contributed by atoms with Gasteiger partial charge in [0, 0.05) is 17.8 Å². The van der Waals surface area contributed by atoms with E-state index in [0.717, 1.165) is 16.9 Å². The Morgan fingerprint density at radius 3 is 2.14 bits per heavy atom. The molecule has 0 saturated carbocycles. The average molecular weight is 296 g/mol. The normalized spacial score (nSPS) is 11.2. The summed E-state index contributed by atoms with van der Waals surface area (Å²) < 4.78 is 0. The van der Waals surface area contributed by atoms with E-state index >= 15 is 0 Å². The summed E-state index contributed by atoms with van der Waals surface area (Å²) in [7, 11) is 0. The Labute approximate surface area is 132 Å². The minimum absolute atomic E-state index is 0.0281. The molecule has 2 rings (SSSR count). The first-order valence-corrected chi connectivity index (χ1v) is 7.59. The molecule has 2 aromatic rings. The fourth-order valence-corrected chi connectivity index (χ4v) is 2.22. The number of rotatable bonds is 4. The van der Waals surface area contributed by atoms with Crippen LogP contribution >= 0.6 is 0 Å². The van der Waals surface area contributed by atoms with Gasteiger partial charge in [-0.2, -0.15) is 0 Å². The number of aryl methyl sites for hydroxylation is 1. The van der Waals surface area contributed by atoms with E-state index in [1.165, 1.54) is 5.56 Å². The van der Waals surface area contributed by atoms with Gasteiger partial charge in [-0.15, -0.1) is 0 Å². The number of amides is 1. The number of carbonyl (C=O) groups excluding carboxylic acids is 1. The average Bonchev–Trinajstić information content (AvgIpc) is 2.46. The van der Waals surface area contributed by atoms with Crippen LogP contribution < -0.4 is 11.1 Å². The molecule has 0 fully saturated rings. The molecule has 0 unspecified atom stereocenters. The zero-order valence-electron chi connectivity index (χ0n) is 13.5. The Balaban J connectivity index is 1.88. The molecular weight excluding hydrogens is 272 g/mol. The van der Waals surface area contributed by atoms with E-state index in [9.17, 15) is 4.79 Å². The van der Waals surface area contributed by atoms with Crippen LogP contribution in [0.3, 0.4) is 0 Å². The van der Waals surface area contributed by atoms with Gasteiger partial charge in [-0.25, -0.2) is 0 Å². The molecule has 0 radical (unpaired) electrons. The molecular formula is C19H24N2O. The molecule has 22 heavy (non-hydrogen) atoms. The van der Waals surface area contributed by atoms with Crippen molar-refractivity contribution in [3.05, 3.63) is 59.7 Å².